The van der Waals surface area contributed by atoms with Gasteiger partial charge in [-0.3, -0.25) is 4.79 Å². The van der Waals surface area contributed by atoms with Crippen molar-refractivity contribution in [2.45, 2.75) is 6.92 Å². The van der Waals surface area contributed by atoms with Gasteiger partial charge in [0, 0.05) is 17.3 Å². The normalized spacial score (nSPS) is 11.2. The Labute approximate surface area is 181 Å². The van der Waals surface area contributed by atoms with E-state index in [0.29, 0.717) is 22.2 Å². The van der Waals surface area contributed by atoms with Gasteiger partial charge in [-0.25, -0.2) is 0 Å². The minimum atomic E-state index is -0.197. The Morgan fingerprint density at radius 3 is 2.31 bits per heavy atom. The van der Waals surface area contributed by atoms with E-state index < -0.39 is 0 Å². The Balaban J connectivity index is 1.96. The average Bonchev–Trinajstić information content (AvgIpc) is 2.72. The van der Waals surface area contributed by atoms with Crippen LogP contribution in [0.5, 0.6) is 5.75 Å². The predicted molar refractivity (Wildman–Crippen MR) is 121 cm³/mol. The topological polar surface area (TPSA) is 29.5 Å². The van der Waals surface area contributed by atoms with Crippen molar-refractivity contribution >= 4 is 40.9 Å². The zero-order valence-corrected chi connectivity index (χ0v) is 17.7. The van der Waals surface area contributed by atoms with Crippen molar-refractivity contribution in [3.05, 3.63) is 99.5 Å². The van der Waals surface area contributed by atoms with E-state index in [1.165, 1.54) is 0 Å². The van der Waals surface area contributed by atoms with Crippen LogP contribution in [-0.2, 0) is 0 Å². The second-order valence-electron chi connectivity index (χ2n) is 6.61. The molecule has 5 heteroatoms. The highest BCUT2D eigenvalue weighted by Crippen LogP contribution is 2.27. The molecule has 0 atom stereocenters. The maximum atomic E-state index is 13.4. The molecular weight excluding hydrogens is 405 g/mol. The monoisotopic (exact) mass is 425 g/mol. The molecule has 0 bridgehead atoms. The minimum Gasteiger partial charge on any atom is -0.497 e. The van der Waals surface area contributed by atoms with Gasteiger partial charge >= 0.3 is 0 Å². The summed E-state index contributed by atoms with van der Waals surface area (Å²) in [5.41, 5.74) is 3.27. The number of ether oxygens (including phenoxy) is 1. The molecule has 3 aromatic rings. The van der Waals surface area contributed by atoms with E-state index in [-0.39, 0.29) is 5.91 Å². The molecule has 148 valence electrons. The van der Waals surface area contributed by atoms with Crippen molar-refractivity contribution in [2.75, 3.05) is 18.6 Å². The molecule has 0 fully saturated rings. The second-order valence-corrected chi connectivity index (χ2v) is 7.46. The highest BCUT2D eigenvalue weighted by Gasteiger charge is 2.21. The summed E-state index contributed by atoms with van der Waals surface area (Å²) in [5, 5.41) is 0.813. The third-order valence-corrected chi connectivity index (χ3v) is 4.96. The molecule has 3 aromatic carbocycles. The molecule has 0 radical (unpaired) electrons. The first-order chi connectivity index (χ1) is 14.0. The van der Waals surface area contributed by atoms with Crippen molar-refractivity contribution in [3.8, 4) is 5.75 Å². The van der Waals surface area contributed by atoms with E-state index in [2.05, 4.69) is 6.08 Å². The number of benzene rings is 3. The zero-order valence-electron chi connectivity index (χ0n) is 16.2. The Morgan fingerprint density at radius 1 is 1.00 bits per heavy atom. The molecule has 0 aliphatic carbocycles. The largest absolute Gasteiger partial charge is 0.497 e. The summed E-state index contributed by atoms with van der Waals surface area (Å²) in [6.07, 6.45) is 2.06. The average molecular weight is 426 g/mol. The molecule has 0 saturated carbocycles. The van der Waals surface area contributed by atoms with Crippen LogP contribution < -0.4 is 9.64 Å². The molecule has 0 heterocycles. The predicted octanol–water partition coefficient (Wildman–Crippen LogP) is 6.75. The third-order valence-electron chi connectivity index (χ3n) is 4.41. The van der Waals surface area contributed by atoms with E-state index in [4.69, 9.17) is 27.9 Å². The van der Waals surface area contributed by atoms with Gasteiger partial charge in [-0.15, -0.1) is 0 Å². The van der Waals surface area contributed by atoms with Crippen LogP contribution in [-0.4, -0.2) is 19.6 Å². The number of halogens is 2. The van der Waals surface area contributed by atoms with Crippen LogP contribution in [0.1, 0.15) is 22.8 Å². The number of hydrogen-bond acceptors (Lipinski definition) is 2. The van der Waals surface area contributed by atoms with E-state index in [1.54, 1.807) is 30.2 Å². The fourth-order valence-corrected chi connectivity index (χ4v) is 3.47. The van der Waals surface area contributed by atoms with Gasteiger partial charge < -0.3 is 9.64 Å². The van der Waals surface area contributed by atoms with Crippen LogP contribution in [0, 0.1) is 0 Å². The first kappa shape index (κ1) is 21.0. The summed E-state index contributed by atoms with van der Waals surface area (Å²) >= 11 is 12.3. The Morgan fingerprint density at radius 2 is 1.69 bits per heavy atom. The molecule has 3 rings (SSSR count). The number of nitrogens with zero attached hydrogens (tertiary/aromatic N) is 1. The summed E-state index contributed by atoms with van der Waals surface area (Å²) in [5.74, 6) is 0.528. The second kappa shape index (κ2) is 9.64. The quantitative estimate of drug-likeness (QED) is 0.436. The lowest BCUT2D eigenvalue weighted by atomic mass is 10.1. The van der Waals surface area contributed by atoms with Crippen LogP contribution in [0.4, 0.5) is 5.69 Å². The maximum Gasteiger partial charge on any atom is 0.260 e. The van der Waals surface area contributed by atoms with E-state index in [9.17, 15) is 4.79 Å². The SMILES string of the molecule is COc1ccc(N(C/C(C)=C/c2ccccc2)C(=O)c2ccc(Cl)cc2Cl)cc1. The molecule has 0 spiro atoms. The van der Waals surface area contributed by atoms with Crippen LogP contribution in [0.25, 0.3) is 6.08 Å². The molecule has 0 aromatic heterocycles. The molecule has 3 nitrogen and oxygen atoms in total. The van der Waals surface area contributed by atoms with Crippen molar-refractivity contribution in [3.63, 3.8) is 0 Å². The summed E-state index contributed by atoms with van der Waals surface area (Å²) in [6, 6.07) is 22.3. The zero-order chi connectivity index (χ0) is 20.8. The van der Waals surface area contributed by atoms with Crippen LogP contribution in [0.15, 0.2) is 78.4 Å². The van der Waals surface area contributed by atoms with Gasteiger partial charge in [0.05, 0.1) is 17.7 Å². The number of anilines is 1. The van der Waals surface area contributed by atoms with Crippen LogP contribution in [0.2, 0.25) is 10.0 Å². The first-order valence-corrected chi connectivity index (χ1v) is 9.86. The van der Waals surface area contributed by atoms with Crippen molar-refractivity contribution in [2.24, 2.45) is 0 Å². The van der Waals surface area contributed by atoms with Crippen LogP contribution >= 0.6 is 23.2 Å². The maximum absolute atomic E-state index is 13.4. The fourth-order valence-electron chi connectivity index (χ4n) is 2.98. The molecular formula is C24H21Cl2NO2. The summed E-state index contributed by atoms with van der Waals surface area (Å²) < 4.78 is 5.24. The van der Waals surface area contributed by atoms with Gasteiger partial charge in [-0.2, -0.15) is 0 Å². The van der Waals surface area contributed by atoms with E-state index >= 15 is 0 Å². The molecule has 1 amide bonds. The molecule has 0 N–H and O–H groups in total. The van der Waals surface area contributed by atoms with Crippen molar-refractivity contribution < 1.29 is 9.53 Å². The smallest absolute Gasteiger partial charge is 0.260 e. The number of rotatable bonds is 6. The lowest BCUT2D eigenvalue weighted by Crippen LogP contribution is -2.32. The van der Waals surface area contributed by atoms with Gasteiger partial charge in [0.25, 0.3) is 5.91 Å². The first-order valence-electron chi connectivity index (χ1n) is 9.11. The van der Waals surface area contributed by atoms with Gasteiger partial charge in [0.1, 0.15) is 5.75 Å². The fraction of sp³-hybridized carbons (Fsp3) is 0.125. The Kier molecular flexibility index (Phi) is 6.97. The van der Waals surface area contributed by atoms with Gasteiger partial charge in [0.15, 0.2) is 0 Å². The molecule has 29 heavy (non-hydrogen) atoms. The highest BCUT2D eigenvalue weighted by molar-refractivity contribution is 6.37. The standard InChI is InChI=1S/C24H21Cl2NO2/c1-17(14-18-6-4-3-5-7-18)16-27(20-9-11-21(29-2)12-10-20)24(28)22-13-8-19(25)15-23(22)26/h3-15H,16H2,1-2H3/b17-14+. The summed E-state index contributed by atoms with van der Waals surface area (Å²) in [4.78, 5) is 15.1. The minimum absolute atomic E-state index is 0.197. The summed E-state index contributed by atoms with van der Waals surface area (Å²) in [6.45, 7) is 2.42. The van der Waals surface area contributed by atoms with Gasteiger partial charge in [-0.05, 0) is 55.0 Å². The third kappa shape index (κ3) is 5.41. The van der Waals surface area contributed by atoms with Crippen molar-refractivity contribution in [1.29, 1.82) is 0 Å². The summed E-state index contributed by atoms with van der Waals surface area (Å²) in [7, 11) is 1.61. The number of carbonyl (C=O) groups is 1. The Bertz CT molecular complexity index is 1010. The van der Waals surface area contributed by atoms with E-state index in [1.807, 2.05) is 61.5 Å². The number of hydrogen-bond donors (Lipinski definition) is 0. The van der Waals surface area contributed by atoms with E-state index in [0.717, 1.165) is 22.6 Å². The number of carbonyl (C=O) groups excluding carboxylic acids is 1. The van der Waals surface area contributed by atoms with Gasteiger partial charge in [-0.1, -0.05) is 65.2 Å². The van der Waals surface area contributed by atoms with Crippen molar-refractivity contribution in [1.82, 2.24) is 0 Å². The lowest BCUT2D eigenvalue weighted by Gasteiger charge is -2.24. The molecule has 0 saturated heterocycles. The molecule has 0 unspecified atom stereocenters. The highest BCUT2D eigenvalue weighted by atomic mass is 35.5. The molecule has 0 aliphatic rings. The van der Waals surface area contributed by atoms with Gasteiger partial charge in [0.2, 0.25) is 0 Å². The lowest BCUT2D eigenvalue weighted by molar-refractivity contribution is 0.0989. The number of methoxy groups -OCH3 is 1. The Hall–Kier alpha value is -2.75. The number of amides is 1. The molecule has 0 aliphatic heterocycles. The van der Waals surface area contributed by atoms with Crippen LogP contribution in [0.3, 0.4) is 0 Å².